The van der Waals surface area contributed by atoms with Crippen LogP contribution < -0.4 is 5.32 Å². The Morgan fingerprint density at radius 2 is 2.05 bits per heavy atom. The lowest BCUT2D eigenvalue weighted by molar-refractivity contribution is -0.114. The summed E-state index contributed by atoms with van der Waals surface area (Å²) in [5.41, 5.74) is 0.679. The zero-order chi connectivity index (χ0) is 15.8. The first-order valence-electron chi connectivity index (χ1n) is 6.73. The molecule has 116 valence electrons. The predicted octanol–water partition coefficient (Wildman–Crippen LogP) is 3.76. The minimum absolute atomic E-state index is 0.0988. The Morgan fingerprint density at radius 3 is 2.62 bits per heavy atom. The van der Waals surface area contributed by atoms with Crippen molar-refractivity contribution in [2.24, 2.45) is 0 Å². The molecule has 2 heterocycles. The summed E-state index contributed by atoms with van der Waals surface area (Å²) in [6.45, 7) is 8.20. The Morgan fingerprint density at radius 1 is 1.38 bits per heavy atom. The van der Waals surface area contributed by atoms with Gasteiger partial charge in [-0.25, -0.2) is 4.79 Å². The number of anilines is 1. The Hall–Kier alpha value is -1.08. The van der Waals surface area contributed by atoms with Crippen LogP contribution in [0.3, 0.4) is 0 Å². The van der Waals surface area contributed by atoms with E-state index in [0.717, 1.165) is 20.8 Å². The summed E-state index contributed by atoms with van der Waals surface area (Å²) < 4.78 is 6.34. The molecule has 2 amide bonds. The van der Waals surface area contributed by atoms with E-state index in [9.17, 15) is 9.59 Å². The lowest BCUT2D eigenvalue weighted by Gasteiger charge is -2.30. The molecule has 0 aromatic carbocycles. The number of hydrogen-bond donors (Lipinski definition) is 1. The summed E-state index contributed by atoms with van der Waals surface area (Å²) in [4.78, 5) is 26.1. The summed E-state index contributed by atoms with van der Waals surface area (Å²) in [7, 11) is 0. The number of thiophene rings is 1. The standard InChI is InChI=1S/C14H19BrN2O3S/c1-8(18)16-12-11(15)9-5-6-17(7-10(9)21-12)13(19)20-14(2,3)4/h5-7H2,1-4H3,(H,16,18). The minimum atomic E-state index is -0.491. The number of ether oxygens (including phenoxy) is 1. The number of amides is 2. The molecule has 0 saturated heterocycles. The van der Waals surface area contributed by atoms with Crippen LogP contribution in [0, 0.1) is 0 Å². The van der Waals surface area contributed by atoms with Gasteiger partial charge in [0.1, 0.15) is 10.6 Å². The fraction of sp³-hybridized carbons (Fsp3) is 0.571. The van der Waals surface area contributed by atoms with Crippen LogP contribution >= 0.6 is 27.3 Å². The molecular weight excluding hydrogens is 356 g/mol. The van der Waals surface area contributed by atoms with E-state index >= 15 is 0 Å². The number of hydrogen-bond acceptors (Lipinski definition) is 4. The summed E-state index contributed by atoms with van der Waals surface area (Å²) in [5, 5.41) is 3.61. The number of carbonyl (C=O) groups is 2. The molecule has 0 atom stereocenters. The van der Waals surface area contributed by atoms with Gasteiger partial charge in [0.15, 0.2) is 0 Å². The van der Waals surface area contributed by atoms with Crippen molar-refractivity contribution in [2.45, 2.75) is 46.3 Å². The van der Waals surface area contributed by atoms with Crippen LogP contribution in [0.1, 0.15) is 38.1 Å². The van der Waals surface area contributed by atoms with Crippen LogP contribution in [0.5, 0.6) is 0 Å². The molecule has 1 aliphatic rings. The van der Waals surface area contributed by atoms with Crippen molar-refractivity contribution >= 4 is 44.3 Å². The molecule has 0 spiro atoms. The third kappa shape index (κ3) is 3.97. The van der Waals surface area contributed by atoms with E-state index in [1.807, 2.05) is 20.8 Å². The summed E-state index contributed by atoms with van der Waals surface area (Å²) in [6.07, 6.45) is 0.462. The summed E-state index contributed by atoms with van der Waals surface area (Å²) in [5.74, 6) is -0.0988. The third-order valence-electron chi connectivity index (χ3n) is 2.93. The Kier molecular flexibility index (Phi) is 4.63. The average molecular weight is 375 g/mol. The maximum atomic E-state index is 12.1. The Balaban J connectivity index is 2.14. The highest BCUT2D eigenvalue weighted by atomic mass is 79.9. The zero-order valence-corrected chi connectivity index (χ0v) is 15.0. The van der Waals surface area contributed by atoms with Crippen molar-refractivity contribution in [2.75, 3.05) is 11.9 Å². The van der Waals surface area contributed by atoms with E-state index in [2.05, 4.69) is 21.2 Å². The van der Waals surface area contributed by atoms with Crippen LogP contribution in [-0.2, 0) is 22.5 Å². The van der Waals surface area contributed by atoms with Gasteiger partial charge in [-0.3, -0.25) is 4.79 Å². The molecule has 0 saturated carbocycles. The molecule has 1 aromatic rings. The number of carbonyl (C=O) groups excluding carboxylic acids is 2. The van der Waals surface area contributed by atoms with Crippen LogP contribution in [0.2, 0.25) is 0 Å². The topological polar surface area (TPSA) is 58.6 Å². The first-order chi connectivity index (χ1) is 9.67. The van der Waals surface area contributed by atoms with Crippen molar-refractivity contribution < 1.29 is 14.3 Å². The van der Waals surface area contributed by atoms with Gasteiger partial charge in [0.05, 0.1) is 11.0 Å². The van der Waals surface area contributed by atoms with Gasteiger partial charge in [0.2, 0.25) is 5.91 Å². The highest BCUT2D eigenvalue weighted by Gasteiger charge is 2.29. The lowest BCUT2D eigenvalue weighted by atomic mass is 10.1. The summed E-state index contributed by atoms with van der Waals surface area (Å²) in [6, 6.07) is 0. The van der Waals surface area contributed by atoms with Crippen LogP contribution in [0.4, 0.5) is 9.80 Å². The molecular formula is C14H19BrN2O3S. The van der Waals surface area contributed by atoms with E-state index in [1.165, 1.54) is 23.8 Å². The molecule has 1 aliphatic heterocycles. The van der Waals surface area contributed by atoms with Gasteiger partial charge in [-0.05, 0) is 48.7 Å². The van der Waals surface area contributed by atoms with Crippen LogP contribution in [-0.4, -0.2) is 29.0 Å². The highest BCUT2D eigenvalue weighted by molar-refractivity contribution is 9.10. The predicted molar refractivity (Wildman–Crippen MR) is 86.7 cm³/mol. The quantitative estimate of drug-likeness (QED) is 0.813. The number of halogens is 1. The second-order valence-corrected chi connectivity index (χ2v) is 7.88. The van der Waals surface area contributed by atoms with Crippen molar-refractivity contribution in [3.63, 3.8) is 0 Å². The zero-order valence-electron chi connectivity index (χ0n) is 12.6. The SMILES string of the molecule is CC(=O)Nc1sc2c(c1Br)CCN(C(=O)OC(C)(C)C)C2. The van der Waals surface area contributed by atoms with Gasteiger partial charge < -0.3 is 15.0 Å². The average Bonchev–Trinajstić information content (AvgIpc) is 2.63. The van der Waals surface area contributed by atoms with Gasteiger partial charge in [-0.15, -0.1) is 11.3 Å². The second-order valence-electron chi connectivity index (χ2n) is 5.98. The van der Waals surface area contributed by atoms with E-state index in [4.69, 9.17) is 4.74 Å². The van der Waals surface area contributed by atoms with Crippen LogP contribution in [0.25, 0.3) is 0 Å². The van der Waals surface area contributed by atoms with Crippen molar-refractivity contribution in [3.8, 4) is 0 Å². The van der Waals surface area contributed by atoms with Gasteiger partial charge in [0, 0.05) is 18.3 Å². The number of rotatable bonds is 1. The number of nitrogens with one attached hydrogen (secondary N) is 1. The molecule has 5 nitrogen and oxygen atoms in total. The van der Waals surface area contributed by atoms with Crippen molar-refractivity contribution in [1.82, 2.24) is 4.90 Å². The normalized spacial score (nSPS) is 14.6. The molecule has 0 fully saturated rings. The molecule has 0 radical (unpaired) electrons. The highest BCUT2D eigenvalue weighted by Crippen LogP contribution is 2.40. The molecule has 0 bridgehead atoms. The maximum absolute atomic E-state index is 12.1. The maximum Gasteiger partial charge on any atom is 0.410 e. The monoisotopic (exact) mass is 374 g/mol. The Labute approximate surface area is 136 Å². The first kappa shape index (κ1) is 16.3. The van der Waals surface area contributed by atoms with Crippen molar-refractivity contribution in [3.05, 3.63) is 14.9 Å². The minimum Gasteiger partial charge on any atom is -0.444 e. The third-order valence-corrected chi connectivity index (χ3v) is 5.20. The molecule has 21 heavy (non-hydrogen) atoms. The molecule has 1 aromatic heterocycles. The first-order valence-corrected chi connectivity index (χ1v) is 8.34. The fourth-order valence-electron chi connectivity index (χ4n) is 2.09. The second kappa shape index (κ2) is 5.96. The molecule has 0 aliphatic carbocycles. The molecule has 7 heteroatoms. The molecule has 1 N–H and O–H groups in total. The Bertz CT molecular complexity index is 578. The van der Waals surface area contributed by atoms with Gasteiger partial charge >= 0.3 is 6.09 Å². The fourth-order valence-corrected chi connectivity index (χ4v) is 4.20. The number of nitrogens with zero attached hydrogens (tertiary/aromatic N) is 1. The van der Waals surface area contributed by atoms with Gasteiger partial charge in [-0.1, -0.05) is 0 Å². The van der Waals surface area contributed by atoms with E-state index in [-0.39, 0.29) is 12.0 Å². The van der Waals surface area contributed by atoms with Gasteiger partial charge in [0.25, 0.3) is 0 Å². The number of fused-ring (bicyclic) bond motifs is 1. The van der Waals surface area contributed by atoms with E-state index < -0.39 is 5.60 Å². The molecule has 2 rings (SSSR count). The van der Waals surface area contributed by atoms with E-state index in [0.29, 0.717) is 13.1 Å². The largest absolute Gasteiger partial charge is 0.444 e. The van der Waals surface area contributed by atoms with Gasteiger partial charge in [-0.2, -0.15) is 0 Å². The van der Waals surface area contributed by atoms with E-state index in [1.54, 1.807) is 4.90 Å². The smallest absolute Gasteiger partial charge is 0.410 e. The summed E-state index contributed by atoms with van der Waals surface area (Å²) >= 11 is 5.03. The lowest BCUT2D eigenvalue weighted by Crippen LogP contribution is -2.39. The molecule has 0 unspecified atom stereocenters. The van der Waals surface area contributed by atoms with Crippen LogP contribution in [0.15, 0.2) is 4.47 Å². The van der Waals surface area contributed by atoms with Crippen molar-refractivity contribution in [1.29, 1.82) is 0 Å².